The molecule has 1 aliphatic heterocycles. The Kier molecular flexibility index (Phi) is 4.18. The van der Waals surface area contributed by atoms with Gasteiger partial charge in [-0.15, -0.1) is 0 Å². The molecule has 1 unspecified atom stereocenters. The van der Waals surface area contributed by atoms with E-state index >= 15 is 0 Å². The van der Waals surface area contributed by atoms with Crippen LogP contribution in [0.4, 0.5) is 0 Å². The fourth-order valence-electron chi connectivity index (χ4n) is 2.26. The molecule has 2 aliphatic rings. The van der Waals surface area contributed by atoms with Gasteiger partial charge in [0.15, 0.2) is 0 Å². The number of ether oxygens (including phenoxy) is 1. The summed E-state index contributed by atoms with van der Waals surface area (Å²) < 4.78 is 5.08. The normalized spacial score (nSPS) is 26.7. The van der Waals surface area contributed by atoms with Crippen molar-refractivity contribution in [3.63, 3.8) is 0 Å². The summed E-state index contributed by atoms with van der Waals surface area (Å²) in [6.45, 7) is 3.89. The van der Waals surface area contributed by atoms with Gasteiger partial charge >= 0.3 is 0 Å². The fourth-order valence-corrected chi connectivity index (χ4v) is 2.26. The van der Waals surface area contributed by atoms with Crippen molar-refractivity contribution in [2.24, 2.45) is 5.92 Å². The summed E-state index contributed by atoms with van der Waals surface area (Å²) in [6, 6.07) is 0.360. The molecule has 1 heterocycles. The number of hydrogen-bond donors (Lipinski definition) is 1. The lowest BCUT2D eigenvalue weighted by Gasteiger charge is -2.32. The van der Waals surface area contributed by atoms with Gasteiger partial charge in [0.1, 0.15) is 0 Å². The van der Waals surface area contributed by atoms with Gasteiger partial charge in [-0.3, -0.25) is 9.69 Å². The van der Waals surface area contributed by atoms with Gasteiger partial charge < -0.3 is 10.1 Å². The smallest absolute Gasteiger partial charge is 0.223 e. The van der Waals surface area contributed by atoms with E-state index in [0.717, 1.165) is 45.5 Å². The lowest BCUT2D eigenvalue weighted by atomic mass is 10.1. The minimum absolute atomic E-state index is 0.276. The molecule has 1 atom stereocenters. The Morgan fingerprint density at radius 2 is 2.25 bits per heavy atom. The first-order valence-corrected chi connectivity index (χ1v) is 6.31. The van der Waals surface area contributed by atoms with Crippen molar-refractivity contribution in [3.05, 3.63) is 0 Å². The number of likely N-dealkylation sites (tertiary alicyclic amines) is 1. The topological polar surface area (TPSA) is 41.6 Å². The van der Waals surface area contributed by atoms with Crippen molar-refractivity contribution in [2.75, 3.05) is 33.4 Å². The van der Waals surface area contributed by atoms with Gasteiger partial charge in [-0.05, 0) is 32.2 Å². The molecule has 1 saturated heterocycles. The highest BCUT2D eigenvalue weighted by Crippen LogP contribution is 2.29. The van der Waals surface area contributed by atoms with Crippen molar-refractivity contribution in [2.45, 2.75) is 31.7 Å². The van der Waals surface area contributed by atoms with Crippen molar-refractivity contribution in [1.29, 1.82) is 0 Å². The Hall–Kier alpha value is -0.610. The monoisotopic (exact) mass is 226 g/mol. The summed E-state index contributed by atoms with van der Waals surface area (Å²) in [5.74, 6) is 0.605. The van der Waals surface area contributed by atoms with Crippen LogP contribution in [0, 0.1) is 5.92 Å². The van der Waals surface area contributed by atoms with E-state index in [9.17, 15) is 4.79 Å². The van der Waals surface area contributed by atoms with Crippen molar-refractivity contribution in [3.8, 4) is 0 Å². The zero-order valence-electron chi connectivity index (χ0n) is 10.1. The number of carbonyl (C=O) groups excluding carboxylic acids is 1. The SMILES string of the molecule is COCCN1CCCC(NC(=O)C2CC2)C1. The highest BCUT2D eigenvalue weighted by Gasteiger charge is 2.31. The van der Waals surface area contributed by atoms with E-state index < -0.39 is 0 Å². The molecule has 0 aromatic carbocycles. The van der Waals surface area contributed by atoms with Gasteiger partial charge in [-0.25, -0.2) is 0 Å². The molecule has 0 bridgehead atoms. The molecule has 16 heavy (non-hydrogen) atoms. The van der Waals surface area contributed by atoms with E-state index in [4.69, 9.17) is 4.74 Å². The second kappa shape index (κ2) is 5.64. The van der Waals surface area contributed by atoms with E-state index in [-0.39, 0.29) is 5.91 Å². The lowest BCUT2D eigenvalue weighted by Crippen LogP contribution is -2.48. The Balaban J connectivity index is 1.70. The molecule has 92 valence electrons. The molecular formula is C12H22N2O2. The van der Waals surface area contributed by atoms with Gasteiger partial charge in [0, 0.05) is 32.2 Å². The summed E-state index contributed by atoms with van der Waals surface area (Å²) in [6.07, 6.45) is 4.49. The summed E-state index contributed by atoms with van der Waals surface area (Å²) in [5.41, 5.74) is 0. The second-order valence-electron chi connectivity index (χ2n) is 4.92. The number of piperidine rings is 1. The molecule has 4 nitrogen and oxygen atoms in total. The van der Waals surface area contributed by atoms with Crippen LogP contribution in [0.3, 0.4) is 0 Å². The molecule has 0 aromatic rings. The third-order valence-corrected chi connectivity index (χ3v) is 3.41. The van der Waals surface area contributed by atoms with Crippen LogP contribution < -0.4 is 5.32 Å². The van der Waals surface area contributed by atoms with Crippen LogP contribution >= 0.6 is 0 Å². The standard InChI is InChI=1S/C12H22N2O2/c1-16-8-7-14-6-2-3-11(9-14)13-12(15)10-4-5-10/h10-11H,2-9H2,1H3,(H,13,15). The van der Waals surface area contributed by atoms with Crippen LogP contribution in [-0.2, 0) is 9.53 Å². The summed E-state index contributed by atoms with van der Waals surface area (Å²) >= 11 is 0. The maximum Gasteiger partial charge on any atom is 0.223 e. The molecule has 1 saturated carbocycles. The largest absolute Gasteiger partial charge is 0.383 e. The van der Waals surface area contributed by atoms with Gasteiger partial charge in [0.25, 0.3) is 0 Å². The van der Waals surface area contributed by atoms with E-state index in [1.807, 2.05) is 0 Å². The van der Waals surface area contributed by atoms with Crippen LogP contribution in [0.1, 0.15) is 25.7 Å². The Bertz CT molecular complexity index is 241. The molecule has 1 N–H and O–H groups in total. The molecule has 0 spiro atoms. The van der Waals surface area contributed by atoms with Crippen molar-refractivity contribution in [1.82, 2.24) is 10.2 Å². The Morgan fingerprint density at radius 1 is 1.44 bits per heavy atom. The van der Waals surface area contributed by atoms with Crippen LogP contribution in [0.5, 0.6) is 0 Å². The van der Waals surface area contributed by atoms with Gasteiger partial charge in [-0.2, -0.15) is 0 Å². The van der Waals surface area contributed by atoms with Gasteiger partial charge in [-0.1, -0.05) is 0 Å². The molecule has 0 radical (unpaired) electrons. The minimum Gasteiger partial charge on any atom is -0.383 e. The Labute approximate surface area is 97.3 Å². The minimum atomic E-state index is 0.276. The third-order valence-electron chi connectivity index (χ3n) is 3.41. The van der Waals surface area contributed by atoms with E-state index in [1.54, 1.807) is 7.11 Å². The first-order valence-electron chi connectivity index (χ1n) is 6.31. The highest BCUT2D eigenvalue weighted by molar-refractivity contribution is 5.81. The van der Waals surface area contributed by atoms with Crippen LogP contribution in [-0.4, -0.2) is 50.2 Å². The number of methoxy groups -OCH3 is 1. The highest BCUT2D eigenvalue weighted by atomic mass is 16.5. The summed E-state index contributed by atoms with van der Waals surface area (Å²) in [5, 5.41) is 3.17. The van der Waals surface area contributed by atoms with E-state index in [2.05, 4.69) is 10.2 Å². The predicted molar refractivity (Wildman–Crippen MR) is 62.2 cm³/mol. The zero-order chi connectivity index (χ0) is 11.4. The molecular weight excluding hydrogens is 204 g/mol. The maximum atomic E-state index is 11.6. The molecule has 1 amide bonds. The van der Waals surface area contributed by atoms with Crippen molar-refractivity contribution < 1.29 is 9.53 Å². The molecule has 2 fully saturated rings. The number of amides is 1. The zero-order valence-corrected chi connectivity index (χ0v) is 10.1. The van der Waals surface area contributed by atoms with Gasteiger partial charge in [0.2, 0.25) is 5.91 Å². The predicted octanol–water partition coefficient (Wildman–Crippen LogP) is 0.623. The summed E-state index contributed by atoms with van der Waals surface area (Å²) in [7, 11) is 1.73. The molecule has 2 rings (SSSR count). The lowest BCUT2D eigenvalue weighted by molar-refractivity contribution is -0.123. The first-order chi connectivity index (χ1) is 7.79. The third kappa shape index (κ3) is 3.46. The number of hydrogen-bond acceptors (Lipinski definition) is 3. The first kappa shape index (κ1) is 11.9. The van der Waals surface area contributed by atoms with Crippen LogP contribution in [0.25, 0.3) is 0 Å². The fraction of sp³-hybridized carbons (Fsp3) is 0.917. The average molecular weight is 226 g/mol. The molecule has 4 heteroatoms. The second-order valence-corrected chi connectivity index (χ2v) is 4.92. The molecule has 0 aromatic heterocycles. The average Bonchev–Trinajstić information content (AvgIpc) is 3.10. The molecule has 1 aliphatic carbocycles. The van der Waals surface area contributed by atoms with Crippen LogP contribution in [0.15, 0.2) is 0 Å². The Morgan fingerprint density at radius 3 is 2.94 bits per heavy atom. The quantitative estimate of drug-likeness (QED) is 0.747. The number of nitrogens with zero attached hydrogens (tertiary/aromatic N) is 1. The van der Waals surface area contributed by atoms with E-state index in [1.165, 1.54) is 6.42 Å². The van der Waals surface area contributed by atoms with E-state index in [0.29, 0.717) is 12.0 Å². The number of carbonyl (C=O) groups is 1. The number of rotatable bonds is 5. The van der Waals surface area contributed by atoms with Gasteiger partial charge in [0.05, 0.1) is 6.61 Å². The van der Waals surface area contributed by atoms with Crippen molar-refractivity contribution >= 4 is 5.91 Å². The number of nitrogens with one attached hydrogen (secondary N) is 1. The van der Waals surface area contributed by atoms with Crippen LogP contribution in [0.2, 0.25) is 0 Å². The maximum absolute atomic E-state index is 11.6. The summed E-state index contributed by atoms with van der Waals surface area (Å²) in [4.78, 5) is 14.0.